The number of carbonyl (C=O) groups is 1. The topological polar surface area (TPSA) is 79.9 Å². The number of aliphatic carboxylic acids is 1. The van der Waals surface area contributed by atoms with Crippen molar-refractivity contribution < 1.29 is 14.3 Å². The molecule has 1 heterocycles. The Morgan fingerprint density at radius 2 is 1.80 bits per heavy atom. The SMILES string of the molecule is CC(C)CC(CC(N=O)c1ccc2oc3ccccc3c2c1)C(=O)O. The number of para-hydroxylation sites is 1. The molecule has 0 amide bonds. The maximum atomic E-state index is 11.5. The summed E-state index contributed by atoms with van der Waals surface area (Å²) in [6.45, 7) is 3.95. The molecule has 0 aliphatic heterocycles. The molecule has 5 nitrogen and oxygen atoms in total. The summed E-state index contributed by atoms with van der Waals surface area (Å²) in [6.07, 6.45) is 0.733. The summed E-state index contributed by atoms with van der Waals surface area (Å²) >= 11 is 0. The second kappa shape index (κ2) is 7.05. The summed E-state index contributed by atoms with van der Waals surface area (Å²) in [4.78, 5) is 22.9. The van der Waals surface area contributed by atoms with E-state index in [9.17, 15) is 14.8 Å². The van der Waals surface area contributed by atoms with Crippen molar-refractivity contribution in [3.63, 3.8) is 0 Å². The van der Waals surface area contributed by atoms with Gasteiger partial charge in [0.2, 0.25) is 0 Å². The van der Waals surface area contributed by atoms with Gasteiger partial charge in [0.25, 0.3) is 0 Å². The molecule has 0 aliphatic carbocycles. The van der Waals surface area contributed by atoms with Gasteiger partial charge in [0.15, 0.2) is 0 Å². The fourth-order valence-electron chi connectivity index (χ4n) is 3.33. The maximum absolute atomic E-state index is 11.5. The number of carboxylic acid groups (broad SMARTS) is 1. The molecule has 0 fully saturated rings. The fraction of sp³-hybridized carbons (Fsp3) is 0.350. The van der Waals surface area contributed by atoms with E-state index in [4.69, 9.17) is 4.42 Å². The molecule has 0 bridgehead atoms. The van der Waals surface area contributed by atoms with Crippen LogP contribution in [0.5, 0.6) is 0 Å². The molecule has 1 N–H and O–H groups in total. The largest absolute Gasteiger partial charge is 0.481 e. The fourth-order valence-corrected chi connectivity index (χ4v) is 3.33. The van der Waals surface area contributed by atoms with Gasteiger partial charge in [-0.25, -0.2) is 0 Å². The highest BCUT2D eigenvalue weighted by Crippen LogP contribution is 2.34. The van der Waals surface area contributed by atoms with Crippen molar-refractivity contribution in [2.75, 3.05) is 0 Å². The number of furan rings is 1. The van der Waals surface area contributed by atoms with Gasteiger partial charge >= 0.3 is 5.97 Å². The van der Waals surface area contributed by atoms with Crippen LogP contribution in [0.25, 0.3) is 21.9 Å². The van der Waals surface area contributed by atoms with Crippen molar-refractivity contribution >= 4 is 27.9 Å². The lowest BCUT2D eigenvalue weighted by Crippen LogP contribution is -2.18. The number of rotatable bonds is 7. The van der Waals surface area contributed by atoms with Crippen LogP contribution in [0, 0.1) is 16.7 Å². The predicted molar refractivity (Wildman–Crippen MR) is 97.5 cm³/mol. The number of carboxylic acids is 1. The van der Waals surface area contributed by atoms with Gasteiger partial charge < -0.3 is 9.52 Å². The highest BCUT2D eigenvalue weighted by Gasteiger charge is 2.25. The Balaban J connectivity index is 1.96. The Labute approximate surface area is 145 Å². The van der Waals surface area contributed by atoms with E-state index in [2.05, 4.69) is 5.18 Å². The van der Waals surface area contributed by atoms with Gasteiger partial charge in [-0.3, -0.25) is 4.79 Å². The first-order valence-corrected chi connectivity index (χ1v) is 8.46. The summed E-state index contributed by atoms with van der Waals surface area (Å²) in [5, 5.41) is 14.5. The third-order valence-corrected chi connectivity index (χ3v) is 4.53. The van der Waals surface area contributed by atoms with Gasteiger partial charge in [0.05, 0.1) is 5.92 Å². The highest BCUT2D eigenvalue weighted by molar-refractivity contribution is 6.05. The third-order valence-electron chi connectivity index (χ3n) is 4.53. The van der Waals surface area contributed by atoms with E-state index in [-0.39, 0.29) is 12.3 Å². The van der Waals surface area contributed by atoms with Gasteiger partial charge in [-0.05, 0) is 42.5 Å². The van der Waals surface area contributed by atoms with Crippen molar-refractivity contribution in [1.29, 1.82) is 0 Å². The zero-order valence-electron chi connectivity index (χ0n) is 14.3. The van der Waals surface area contributed by atoms with E-state index in [0.29, 0.717) is 6.42 Å². The Morgan fingerprint density at radius 1 is 1.08 bits per heavy atom. The van der Waals surface area contributed by atoms with Gasteiger partial charge in [0.1, 0.15) is 17.2 Å². The lowest BCUT2D eigenvalue weighted by atomic mass is 9.88. The Kier molecular flexibility index (Phi) is 4.83. The number of fused-ring (bicyclic) bond motifs is 3. The summed E-state index contributed by atoms with van der Waals surface area (Å²) in [6, 6.07) is 12.5. The van der Waals surface area contributed by atoms with Crippen LogP contribution in [0.4, 0.5) is 0 Å². The van der Waals surface area contributed by atoms with E-state index < -0.39 is 17.9 Å². The van der Waals surface area contributed by atoms with Gasteiger partial charge in [0, 0.05) is 10.8 Å². The van der Waals surface area contributed by atoms with Crippen molar-refractivity contribution in [2.45, 2.75) is 32.7 Å². The first-order valence-electron chi connectivity index (χ1n) is 8.46. The second-order valence-corrected chi connectivity index (χ2v) is 6.88. The molecule has 130 valence electrons. The van der Waals surface area contributed by atoms with Crippen LogP contribution in [0.15, 0.2) is 52.1 Å². The summed E-state index contributed by atoms with van der Waals surface area (Å²) < 4.78 is 5.79. The normalized spacial score (nSPS) is 14.0. The van der Waals surface area contributed by atoms with Gasteiger partial charge in [-0.15, -0.1) is 0 Å². The molecule has 25 heavy (non-hydrogen) atoms. The first kappa shape index (κ1) is 17.1. The first-order chi connectivity index (χ1) is 12.0. The van der Waals surface area contributed by atoms with E-state index in [1.165, 1.54) is 0 Å². The second-order valence-electron chi connectivity index (χ2n) is 6.88. The molecule has 0 saturated carbocycles. The van der Waals surface area contributed by atoms with Crippen molar-refractivity contribution in [2.24, 2.45) is 17.0 Å². The molecule has 0 aliphatic rings. The highest BCUT2D eigenvalue weighted by atomic mass is 16.4. The quantitative estimate of drug-likeness (QED) is 0.574. The van der Waals surface area contributed by atoms with Crippen molar-refractivity contribution in [1.82, 2.24) is 0 Å². The van der Waals surface area contributed by atoms with E-state index in [1.54, 1.807) is 6.07 Å². The van der Waals surface area contributed by atoms with E-state index in [1.807, 2.05) is 50.2 Å². The minimum atomic E-state index is -0.878. The number of hydrogen-bond donors (Lipinski definition) is 1. The summed E-state index contributed by atoms with van der Waals surface area (Å²) in [5.74, 6) is -1.22. The summed E-state index contributed by atoms with van der Waals surface area (Å²) in [5.41, 5.74) is 2.25. The standard InChI is InChI=1S/C20H21NO4/c1-12(2)9-14(20(22)23)11-17(21-24)13-7-8-19-16(10-13)15-5-3-4-6-18(15)25-19/h3-8,10,12,14,17H,9,11H2,1-2H3,(H,22,23). The smallest absolute Gasteiger partial charge is 0.306 e. The molecule has 0 radical (unpaired) electrons. The summed E-state index contributed by atoms with van der Waals surface area (Å²) in [7, 11) is 0. The number of nitroso groups, excluding NO2 is 1. The average Bonchev–Trinajstić information content (AvgIpc) is 2.96. The minimum Gasteiger partial charge on any atom is -0.481 e. The van der Waals surface area contributed by atoms with Crippen LogP contribution in [0.3, 0.4) is 0 Å². The predicted octanol–water partition coefficient (Wildman–Crippen LogP) is 5.53. The van der Waals surface area contributed by atoms with Crippen LogP contribution in [0.2, 0.25) is 0 Å². The van der Waals surface area contributed by atoms with Crippen LogP contribution >= 0.6 is 0 Å². The number of hydrogen-bond acceptors (Lipinski definition) is 4. The molecule has 0 spiro atoms. The molecule has 1 aromatic heterocycles. The Hall–Kier alpha value is -2.69. The Bertz CT molecular complexity index is 912. The molecule has 2 atom stereocenters. The zero-order chi connectivity index (χ0) is 18.0. The average molecular weight is 339 g/mol. The van der Waals surface area contributed by atoms with Crippen LogP contribution in [0.1, 0.15) is 38.3 Å². The third kappa shape index (κ3) is 3.55. The molecule has 2 unspecified atom stereocenters. The van der Waals surface area contributed by atoms with Crippen LogP contribution in [-0.2, 0) is 4.79 Å². The lowest BCUT2D eigenvalue weighted by Gasteiger charge is -2.18. The molecule has 3 aromatic rings. The molecule has 3 rings (SSSR count). The van der Waals surface area contributed by atoms with Crippen molar-refractivity contribution in [3.8, 4) is 0 Å². The van der Waals surface area contributed by atoms with Crippen LogP contribution < -0.4 is 0 Å². The Morgan fingerprint density at radius 3 is 2.48 bits per heavy atom. The lowest BCUT2D eigenvalue weighted by molar-refractivity contribution is -0.142. The van der Waals surface area contributed by atoms with Crippen LogP contribution in [-0.4, -0.2) is 11.1 Å². The van der Waals surface area contributed by atoms with Crippen molar-refractivity contribution in [3.05, 3.63) is 52.9 Å². The van der Waals surface area contributed by atoms with Gasteiger partial charge in [-0.2, -0.15) is 4.91 Å². The molecule has 0 saturated heterocycles. The molecular weight excluding hydrogens is 318 g/mol. The molecular formula is C20H21NO4. The monoisotopic (exact) mass is 339 g/mol. The van der Waals surface area contributed by atoms with Gasteiger partial charge in [-0.1, -0.05) is 43.3 Å². The number of nitrogens with zero attached hydrogens (tertiary/aromatic N) is 1. The molecule has 2 aromatic carbocycles. The number of benzene rings is 2. The van der Waals surface area contributed by atoms with E-state index >= 15 is 0 Å². The molecule has 5 heteroatoms. The van der Waals surface area contributed by atoms with E-state index in [0.717, 1.165) is 27.5 Å². The zero-order valence-corrected chi connectivity index (χ0v) is 14.3. The minimum absolute atomic E-state index is 0.207. The maximum Gasteiger partial charge on any atom is 0.306 e.